The van der Waals surface area contributed by atoms with Crippen molar-refractivity contribution in [2.75, 3.05) is 7.11 Å². The van der Waals surface area contributed by atoms with Gasteiger partial charge in [0.05, 0.1) is 12.7 Å². The van der Waals surface area contributed by atoms with Crippen LogP contribution in [0.4, 0.5) is 0 Å². The second-order valence-corrected chi connectivity index (χ2v) is 5.61. The van der Waals surface area contributed by atoms with Crippen LogP contribution in [0, 0.1) is 6.92 Å². The van der Waals surface area contributed by atoms with Crippen LogP contribution in [0.1, 0.15) is 15.9 Å². The summed E-state index contributed by atoms with van der Waals surface area (Å²) in [6.45, 7) is 1.90. The van der Waals surface area contributed by atoms with Crippen molar-refractivity contribution in [2.24, 2.45) is 0 Å². The van der Waals surface area contributed by atoms with Crippen molar-refractivity contribution in [3.63, 3.8) is 0 Å². The fourth-order valence-corrected chi connectivity index (χ4v) is 2.72. The zero-order valence-electron chi connectivity index (χ0n) is 10.6. The Kier molecular flexibility index (Phi) is 4.51. The van der Waals surface area contributed by atoms with Crippen LogP contribution in [0.25, 0.3) is 0 Å². The van der Waals surface area contributed by atoms with Gasteiger partial charge in [-0.15, -0.1) is 0 Å². The molecule has 2 aromatic carbocycles. The van der Waals surface area contributed by atoms with Gasteiger partial charge in [0.25, 0.3) is 0 Å². The molecule has 98 valence electrons. The summed E-state index contributed by atoms with van der Waals surface area (Å²) in [7, 11) is 1.39. The Hall–Kier alpha value is -1.45. The molecular weight excluding hydrogens is 280 g/mol. The second-order valence-electron chi connectivity index (χ2n) is 4.02. The Morgan fingerprint density at radius 2 is 1.74 bits per heavy atom. The summed E-state index contributed by atoms with van der Waals surface area (Å²) in [6.07, 6.45) is 0. The van der Waals surface area contributed by atoms with E-state index in [-0.39, 0.29) is 5.97 Å². The summed E-state index contributed by atoms with van der Waals surface area (Å²) in [5.74, 6) is -0.305. The fourth-order valence-electron chi connectivity index (χ4n) is 1.68. The molecule has 0 N–H and O–H groups in total. The van der Waals surface area contributed by atoms with Crippen LogP contribution in [-0.4, -0.2) is 13.1 Å². The van der Waals surface area contributed by atoms with Gasteiger partial charge in [0, 0.05) is 14.8 Å². The first kappa shape index (κ1) is 14.0. The van der Waals surface area contributed by atoms with Gasteiger partial charge in [-0.05, 0) is 55.0 Å². The summed E-state index contributed by atoms with van der Waals surface area (Å²) in [4.78, 5) is 13.7. The first-order valence-electron chi connectivity index (χ1n) is 5.72. The van der Waals surface area contributed by atoms with Gasteiger partial charge >= 0.3 is 5.97 Å². The first-order chi connectivity index (χ1) is 9.10. The van der Waals surface area contributed by atoms with Gasteiger partial charge < -0.3 is 4.74 Å². The highest BCUT2D eigenvalue weighted by Crippen LogP contribution is 2.30. The topological polar surface area (TPSA) is 26.3 Å². The molecule has 0 saturated heterocycles. The lowest BCUT2D eigenvalue weighted by Gasteiger charge is -2.07. The lowest BCUT2D eigenvalue weighted by Crippen LogP contribution is -2.03. The van der Waals surface area contributed by atoms with Gasteiger partial charge in [-0.3, -0.25) is 0 Å². The smallest absolute Gasteiger partial charge is 0.338 e. The molecule has 0 aromatic heterocycles. The highest BCUT2D eigenvalue weighted by Gasteiger charge is 2.09. The van der Waals surface area contributed by atoms with Crippen molar-refractivity contribution >= 4 is 29.3 Å². The number of esters is 1. The predicted molar refractivity (Wildman–Crippen MR) is 78.1 cm³/mol. The zero-order chi connectivity index (χ0) is 13.8. The molecule has 0 bridgehead atoms. The van der Waals surface area contributed by atoms with E-state index >= 15 is 0 Å². The molecule has 0 aliphatic heterocycles. The Balaban J connectivity index is 2.20. The molecule has 0 saturated carbocycles. The minimum atomic E-state index is -0.305. The fraction of sp³-hybridized carbons (Fsp3) is 0.133. The van der Waals surface area contributed by atoms with Crippen molar-refractivity contribution in [3.05, 3.63) is 58.6 Å². The number of hydrogen-bond acceptors (Lipinski definition) is 3. The van der Waals surface area contributed by atoms with Gasteiger partial charge in [0.15, 0.2) is 0 Å². The summed E-state index contributed by atoms with van der Waals surface area (Å²) < 4.78 is 4.73. The SMILES string of the molecule is COC(=O)c1ccc(Sc2ccc(Cl)cc2)cc1C. The second kappa shape index (κ2) is 6.13. The van der Waals surface area contributed by atoms with Crippen LogP contribution in [-0.2, 0) is 4.74 Å². The van der Waals surface area contributed by atoms with Crippen molar-refractivity contribution in [2.45, 2.75) is 16.7 Å². The number of aryl methyl sites for hydroxylation is 1. The molecule has 2 nitrogen and oxygen atoms in total. The maximum Gasteiger partial charge on any atom is 0.338 e. The number of carbonyl (C=O) groups excluding carboxylic acids is 1. The summed E-state index contributed by atoms with van der Waals surface area (Å²) in [5.41, 5.74) is 1.51. The molecule has 19 heavy (non-hydrogen) atoms. The lowest BCUT2D eigenvalue weighted by molar-refractivity contribution is 0.0600. The molecule has 0 aliphatic carbocycles. The molecule has 0 heterocycles. The van der Waals surface area contributed by atoms with E-state index in [9.17, 15) is 4.79 Å². The minimum Gasteiger partial charge on any atom is -0.465 e. The summed E-state index contributed by atoms with van der Waals surface area (Å²) in [6, 6.07) is 13.3. The number of benzene rings is 2. The molecular formula is C15H13ClO2S. The Morgan fingerprint density at radius 3 is 2.32 bits per heavy atom. The third-order valence-electron chi connectivity index (χ3n) is 2.65. The van der Waals surface area contributed by atoms with E-state index in [0.29, 0.717) is 5.56 Å². The van der Waals surface area contributed by atoms with Crippen molar-refractivity contribution in [1.29, 1.82) is 0 Å². The summed E-state index contributed by atoms with van der Waals surface area (Å²) >= 11 is 7.48. The van der Waals surface area contributed by atoms with E-state index in [1.54, 1.807) is 17.8 Å². The molecule has 2 aromatic rings. The van der Waals surface area contributed by atoms with Gasteiger partial charge in [-0.2, -0.15) is 0 Å². The molecule has 0 spiro atoms. The largest absolute Gasteiger partial charge is 0.465 e. The van der Waals surface area contributed by atoms with Gasteiger partial charge in [0.2, 0.25) is 0 Å². The third kappa shape index (κ3) is 3.52. The predicted octanol–water partition coefficient (Wildman–Crippen LogP) is 4.59. The number of halogens is 1. The Labute approximate surface area is 121 Å². The highest BCUT2D eigenvalue weighted by atomic mass is 35.5. The van der Waals surface area contributed by atoms with Crippen molar-refractivity contribution in [3.8, 4) is 0 Å². The number of rotatable bonds is 3. The average molecular weight is 293 g/mol. The van der Waals surface area contributed by atoms with Crippen LogP contribution in [0.5, 0.6) is 0 Å². The van der Waals surface area contributed by atoms with Gasteiger partial charge in [-0.1, -0.05) is 23.4 Å². The number of carbonyl (C=O) groups is 1. The van der Waals surface area contributed by atoms with Crippen molar-refractivity contribution in [1.82, 2.24) is 0 Å². The molecule has 0 atom stereocenters. The molecule has 0 fully saturated rings. The zero-order valence-corrected chi connectivity index (χ0v) is 12.2. The van der Waals surface area contributed by atoms with Gasteiger partial charge in [0.1, 0.15) is 0 Å². The minimum absolute atomic E-state index is 0.305. The molecule has 0 amide bonds. The Bertz CT molecular complexity index is 594. The maximum absolute atomic E-state index is 11.5. The maximum atomic E-state index is 11.5. The van der Waals surface area contributed by atoms with Crippen molar-refractivity contribution < 1.29 is 9.53 Å². The molecule has 0 radical (unpaired) electrons. The first-order valence-corrected chi connectivity index (χ1v) is 6.92. The van der Waals surface area contributed by atoms with Crippen LogP contribution >= 0.6 is 23.4 Å². The van der Waals surface area contributed by atoms with E-state index < -0.39 is 0 Å². The molecule has 2 rings (SSSR count). The standard InChI is InChI=1S/C15H13ClO2S/c1-10-9-13(7-8-14(10)15(17)18-2)19-12-5-3-11(16)4-6-12/h3-9H,1-2H3. The number of methoxy groups -OCH3 is 1. The van der Waals surface area contributed by atoms with E-state index in [1.807, 2.05) is 43.3 Å². The molecule has 4 heteroatoms. The number of ether oxygens (including phenoxy) is 1. The van der Waals surface area contributed by atoms with Crippen LogP contribution in [0.15, 0.2) is 52.3 Å². The van der Waals surface area contributed by atoms with Gasteiger partial charge in [-0.25, -0.2) is 4.79 Å². The third-order valence-corrected chi connectivity index (χ3v) is 3.90. The normalized spacial score (nSPS) is 10.3. The monoisotopic (exact) mass is 292 g/mol. The summed E-state index contributed by atoms with van der Waals surface area (Å²) in [5, 5.41) is 0.724. The van der Waals surface area contributed by atoms with E-state index in [1.165, 1.54) is 7.11 Å². The highest BCUT2D eigenvalue weighted by molar-refractivity contribution is 7.99. The number of hydrogen-bond donors (Lipinski definition) is 0. The average Bonchev–Trinajstić information content (AvgIpc) is 2.41. The molecule has 0 aliphatic rings. The van der Waals surface area contributed by atoms with E-state index in [2.05, 4.69) is 0 Å². The quantitative estimate of drug-likeness (QED) is 0.774. The van der Waals surface area contributed by atoms with Crippen LogP contribution < -0.4 is 0 Å². The molecule has 0 unspecified atom stereocenters. The van der Waals surface area contributed by atoms with E-state index in [4.69, 9.17) is 16.3 Å². The lowest BCUT2D eigenvalue weighted by atomic mass is 10.1. The van der Waals surface area contributed by atoms with E-state index in [0.717, 1.165) is 20.4 Å². The van der Waals surface area contributed by atoms with Crippen LogP contribution in [0.2, 0.25) is 5.02 Å². The van der Waals surface area contributed by atoms with Crippen LogP contribution in [0.3, 0.4) is 0 Å². The Morgan fingerprint density at radius 1 is 1.11 bits per heavy atom.